The molecule has 1 fully saturated rings. The Morgan fingerprint density at radius 3 is 2.55 bits per heavy atom. The van der Waals surface area contributed by atoms with Crippen molar-refractivity contribution >= 4 is 37.6 Å². The van der Waals surface area contributed by atoms with Gasteiger partial charge < -0.3 is 0 Å². The van der Waals surface area contributed by atoms with Crippen molar-refractivity contribution in [1.82, 2.24) is 4.31 Å². The summed E-state index contributed by atoms with van der Waals surface area (Å²) in [6.45, 7) is 4.80. The van der Waals surface area contributed by atoms with Gasteiger partial charge in [-0.3, -0.25) is 0 Å². The molecule has 0 aliphatic heterocycles. The minimum absolute atomic E-state index is 0.174. The maximum Gasteiger partial charge on any atom is 0.243 e. The highest BCUT2D eigenvalue weighted by atomic mass is 79.9. The van der Waals surface area contributed by atoms with E-state index in [1.165, 1.54) is 0 Å². The Balaban J connectivity index is 2.27. The van der Waals surface area contributed by atoms with Gasteiger partial charge in [0.25, 0.3) is 0 Å². The van der Waals surface area contributed by atoms with Gasteiger partial charge in [-0.2, -0.15) is 4.31 Å². The van der Waals surface area contributed by atoms with Crippen LogP contribution >= 0.6 is 27.5 Å². The van der Waals surface area contributed by atoms with Gasteiger partial charge in [-0.05, 0) is 59.3 Å². The lowest BCUT2D eigenvalue weighted by atomic mass is 10.1. The fourth-order valence-corrected chi connectivity index (χ4v) is 4.39. The molecule has 0 bridgehead atoms. The average molecular weight is 381 g/mol. The van der Waals surface area contributed by atoms with Gasteiger partial charge in [-0.15, -0.1) is 0 Å². The summed E-state index contributed by atoms with van der Waals surface area (Å²) in [4.78, 5) is 0.310. The molecular weight excluding hydrogens is 362 g/mol. The van der Waals surface area contributed by atoms with E-state index in [4.69, 9.17) is 11.6 Å². The van der Waals surface area contributed by atoms with E-state index >= 15 is 0 Å². The van der Waals surface area contributed by atoms with Gasteiger partial charge in [0, 0.05) is 17.1 Å². The third-order valence-electron chi connectivity index (χ3n) is 3.38. The molecule has 6 heteroatoms. The van der Waals surface area contributed by atoms with Gasteiger partial charge in [0.1, 0.15) is 0 Å². The lowest BCUT2D eigenvalue weighted by Crippen LogP contribution is -2.34. The molecule has 0 spiro atoms. The molecule has 112 valence electrons. The topological polar surface area (TPSA) is 37.4 Å². The van der Waals surface area contributed by atoms with Crippen LogP contribution in [0.25, 0.3) is 0 Å². The molecule has 1 aromatic carbocycles. The van der Waals surface area contributed by atoms with Gasteiger partial charge >= 0.3 is 0 Å². The molecule has 0 aromatic heterocycles. The Morgan fingerprint density at radius 1 is 1.40 bits per heavy atom. The highest BCUT2D eigenvalue weighted by Gasteiger charge is 2.37. The molecule has 1 saturated carbocycles. The highest BCUT2D eigenvalue weighted by molar-refractivity contribution is 9.10. The predicted octanol–water partition coefficient (Wildman–Crippen LogP) is 4.30. The van der Waals surface area contributed by atoms with Gasteiger partial charge in [-0.25, -0.2) is 8.42 Å². The number of nitrogens with zero attached hydrogens (tertiary/aromatic N) is 1. The van der Waals surface area contributed by atoms with Crippen molar-refractivity contribution < 1.29 is 8.42 Å². The zero-order valence-electron chi connectivity index (χ0n) is 11.6. The van der Waals surface area contributed by atoms with E-state index in [0.29, 0.717) is 26.9 Å². The summed E-state index contributed by atoms with van der Waals surface area (Å²) < 4.78 is 27.8. The van der Waals surface area contributed by atoms with Crippen LogP contribution in [0.15, 0.2) is 27.6 Å². The van der Waals surface area contributed by atoms with E-state index in [1.54, 1.807) is 22.5 Å². The molecule has 20 heavy (non-hydrogen) atoms. The summed E-state index contributed by atoms with van der Waals surface area (Å²) in [5.41, 5.74) is 0. The normalized spacial score (nSPS) is 16.1. The number of rotatable bonds is 6. The summed E-state index contributed by atoms with van der Waals surface area (Å²) >= 11 is 9.22. The molecular formula is C14H19BrClNO2S. The van der Waals surface area contributed by atoms with Crippen LogP contribution in [0.4, 0.5) is 0 Å². The van der Waals surface area contributed by atoms with Crippen LogP contribution in [-0.2, 0) is 10.0 Å². The van der Waals surface area contributed by atoms with Crippen LogP contribution < -0.4 is 0 Å². The van der Waals surface area contributed by atoms with Crippen LogP contribution in [0.2, 0.25) is 5.02 Å². The monoisotopic (exact) mass is 379 g/mol. The van der Waals surface area contributed by atoms with Crippen LogP contribution in [-0.4, -0.2) is 25.3 Å². The first-order chi connectivity index (χ1) is 9.32. The largest absolute Gasteiger partial charge is 0.243 e. The molecule has 1 aliphatic rings. The van der Waals surface area contributed by atoms with Gasteiger partial charge in [0.05, 0.1) is 9.92 Å². The van der Waals surface area contributed by atoms with Crippen LogP contribution in [0.5, 0.6) is 0 Å². The molecule has 1 aromatic rings. The predicted molar refractivity (Wildman–Crippen MR) is 85.5 cm³/mol. The SMILES string of the molecule is CC(C)CCN(C1CC1)S(=O)(=O)c1ccc(Cl)c(Br)c1. The summed E-state index contributed by atoms with van der Waals surface area (Å²) in [6.07, 6.45) is 2.81. The second-order valence-electron chi connectivity index (χ2n) is 5.61. The molecule has 0 amide bonds. The smallest absolute Gasteiger partial charge is 0.207 e. The highest BCUT2D eigenvalue weighted by Crippen LogP contribution is 2.34. The third kappa shape index (κ3) is 3.75. The van der Waals surface area contributed by atoms with Crippen molar-refractivity contribution in [3.05, 3.63) is 27.7 Å². The standard InChI is InChI=1S/C14H19BrClNO2S/c1-10(2)7-8-17(11-3-4-11)20(18,19)12-5-6-14(16)13(15)9-12/h5-6,9-11H,3-4,7-8H2,1-2H3. The zero-order valence-corrected chi connectivity index (χ0v) is 14.8. The fourth-order valence-electron chi connectivity index (χ4n) is 2.02. The van der Waals surface area contributed by atoms with Crippen LogP contribution in [0.1, 0.15) is 33.1 Å². The fraction of sp³-hybridized carbons (Fsp3) is 0.571. The average Bonchev–Trinajstić information content (AvgIpc) is 3.16. The summed E-state index contributed by atoms with van der Waals surface area (Å²) in [7, 11) is -3.43. The molecule has 0 unspecified atom stereocenters. The van der Waals surface area contributed by atoms with E-state index in [9.17, 15) is 8.42 Å². The van der Waals surface area contributed by atoms with E-state index in [1.807, 2.05) is 0 Å². The number of hydrogen-bond donors (Lipinski definition) is 0. The van der Waals surface area contributed by atoms with Crippen molar-refractivity contribution in [3.63, 3.8) is 0 Å². The lowest BCUT2D eigenvalue weighted by Gasteiger charge is -2.23. The maximum atomic E-state index is 12.8. The molecule has 0 heterocycles. The second-order valence-corrected chi connectivity index (χ2v) is 8.76. The Labute approximate surface area is 134 Å². The minimum atomic E-state index is -3.43. The maximum absolute atomic E-state index is 12.8. The Bertz CT molecular complexity index is 585. The quantitative estimate of drug-likeness (QED) is 0.738. The molecule has 0 radical (unpaired) electrons. The summed E-state index contributed by atoms with van der Waals surface area (Å²) in [5.74, 6) is 0.489. The first-order valence-corrected chi connectivity index (χ1v) is 9.40. The van der Waals surface area contributed by atoms with Crippen molar-refractivity contribution in [2.45, 2.75) is 44.0 Å². The van der Waals surface area contributed by atoms with Crippen molar-refractivity contribution in [2.24, 2.45) is 5.92 Å². The number of halogens is 2. The number of benzene rings is 1. The van der Waals surface area contributed by atoms with E-state index in [0.717, 1.165) is 19.3 Å². The first kappa shape index (κ1) is 16.3. The van der Waals surface area contributed by atoms with Crippen molar-refractivity contribution in [3.8, 4) is 0 Å². The summed E-state index contributed by atoms with van der Waals surface area (Å²) in [6, 6.07) is 4.95. The van der Waals surface area contributed by atoms with Gasteiger partial charge in [-0.1, -0.05) is 25.4 Å². The Kier molecular flexibility index (Phi) is 5.16. The molecule has 3 nitrogen and oxygen atoms in total. The number of hydrogen-bond acceptors (Lipinski definition) is 2. The minimum Gasteiger partial charge on any atom is -0.207 e. The second kappa shape index (κ2) is 6.34. The summed E-state index contributed by atoms with van der Waals surface area (Å²) in [5, 5.41) is 0.518. The Morgan fingerprint density at radius 2 is 2.05 bits per heavy atom. The number of sulfonamides is 1. The zero-order chi connectivity index (χ0) is 14.9. The van der Waals surface area contributed by atoms with Gasteiger partial charge in [0.2, 0.25) is 10.0 Å². The van der Waals surface area contributed by atoms with Crippen molar-refractivity contribution in [2.75, 3.05) is 6.54 Å². The lowest BCUT2D eigenvalue weighted by molar-refractivity contribution is 0.373. The molecule has 1 aliphatic carbocycles. The van der Waals surface area contributed by atoms with Crippen LogP contribution in [0, 0.1) is 5.92 Å². The third-order valence-corrected chi connectivity index (χ3v) is 6.54. The van der Waals surface area contributed by atoms with Crippen molar-refractivity contribution in [1.29, 1.82) is 0 Å². The van der Waals surface area contributed by atoms with E-state index in [2.05, 4.69) is 29.8 Å². The molecule has 0 N–H and O–H groups in total. The van der Waals surface area contributed by atoms with Crippen LogP contribution in [0.3, 0.4) is 0 Å². The first-order valence-electron chi connectivity index (χ1n) is 6.79. The molecule has 0 saturated heterocycles. The van der Waals surface area contributed by atoms with E-state index < -0.39 is 10.0 Å². The van der Waals surface area contributed by atoms with Gasteiger partial charge in [0.15, 0.2) is 0 Å². The molecule has 0 atom stereocenters. The Hall–Kier alpha value is -0.100. The molecule has 2 rings (SSSR count). The van der Waals surface area contributed by atoms with E-state index in [-0.39, 0.29) is 6.04 Å².